The minimum atomic E-state index is -0.885. The molecular weight excluding hydrogens is 184 g/mol. The zero-order valence-corrected chi connectivity index (χ0v) is 7.80. The van der Waals surface area contributed by atoms with Gasteiger partial charge in [-0.05, 0) is 24.6 Å². The van der Waals surface area contributed by atoms with E-state index in [4.69, 9.17) is 9.47 Å². The first-order valence-electron chi connectivity index (χ1n) is 4.44. The predicted octanol–water partition coefficient (Wildman–Crippen LogP) is 0.829. The van der Waals surface area contributed by atoms with Crippen molar-refractivity contribution in [2.75, 3.05) is 6.79 Å². The standard InChI is InChI=1S/C10H12O4/c1-6(11)10(12)7-2-3-8-9(4-7)14-5-13-8/h2-4,6,10-12H,5H2,1H3/t6-,10-/m1/s1. The fourth-order valence-corrected chi connectivity index (χ4v) is 1.38. The minimum absolute atomic E-state index is 0.212. The van der Waals surface area contributed by atoms with Gasteiger partial charge in [0.05, 0.1) is 6.10 Å². The van der Waals surface area contributed by atoms with Crippen molar-refractivity contribution >= 4 is 0 Å². The summed E-state index contributed by atoms with van der Waals surface area (Å²) in [5.41, 5.74) is 0.629. The minimum Gasteiger partial charge on any atom is -0.454 e. The lowest BCUT2D eigenvalue weighted by atomic mass is 10.1. The number of hydrogen-bond donors (Lipinski definition) is 2. The van der Waals surface area contributed by atoms with Crippen LogP contribution in [0.3, 0.4) is 0 Å². The van der Waals surface area contributed by atoms with E-state index in [0.29, 0.717) is 17.1 Å². The highest BCUT2D eigenvalue weighted by atomic mass is 16.7. The van der Waals surface area contributed by atoms with Crippen LogP contribution in [0.4, 0.5) is 0 Å². The van der Waals surface area contributed by atoms with Crippen LogP contribution in [0, 0.1) is 0 Å². The summed E-state index contributed by atoms with van der Waals surface area (Å²) in [5.74, 6) is 1.29. The Morgan fingerprint density at radius 2 is 1.93 bits per heavy atom. The molecule has 0 spiro atoms. The molecule has 14 heavy (non-hydrogen) atoms. The third-order valence-corrected chi connectivity index (χ3v) is 2.20. The van der Waals surface area contributed by atoms with Gasteiger partial charge in [0, 0.05) is 0 Å². The highest BCUT2D eigenvalue weighted by molar-refractivity contribution is 5.45. The SMILES string of the molecule is C[C@@H](O)[C@@H](O)c1ccc2c(c1)OCO2. The maximum atomic E-state index is 9.58. The molecule has 0 fully saturated rings. The largest absolute Gasteiger partial charge is 0.454 e. The zero-order chi connectivity index (χ0) is 10.1. The van der Waals surface area contributed by atoms with Crippen LogP contribution in [0.1, 0.15) is 18.6 Å². The Labute approximate surface area is 81.7 Å². The molecule has 4 nitrogen and oxygen atoms in total. The quantitative estimate of drug-likeness (QED) is 0.735. The Morgan fingerprint density at radius 1 is 1.21 bits per heavy atom. The molecule has 2 N–H and O–H groups in total. The Bertz CT molecular complexity index is 335. The molecule has 1 aromatic rings. The van der Waals surface area contributed by atoms with E-state index in [2.05, 4.69) is 0 Å². The average molecular weight is 196 g/mol. The molecule has 0 bridgehead atoms. The van der Waals surface area contributed by atoms with E-state index >= 15 is 0 Å². The van der Waals surface area contributed by atoms with E-state index in [0.717, 1.165) is 0 Å². The Hall–Kier alpha value is -1.26. The number of fused-ring (bicyclic) bond motifs is 1. The lowest BCUT2D eigenvalue weighted by molar-refractivity contribution is 0.0304. The highest BCUT2D eigenvalue weighted by Gasteiger charge is 2.18. The zero-order valence-electron chi connectivity index (χ0n) is 7.80. The second-order valence-electron chi connectivity index (χ2n) is 3.30. The lowest BCUT2D eigenvalue weighted by Gasteiger charge is -2.13. The van der Waals surface area contributed by atoms with Crippen LogP contribution in [0.5, 0.6) is 11.5 Å². The maximum absolute atomic E-state index is 9.58. The van der Waals surface area contributed by atoms with Gasteiger partial charge in [-0.25, -0.2) is 0 Å². The number of ether oxygens (including phenoxy) is 2. The fraction of sp³-hybridized carbons (Fsp3) is 0.400. The molecule has 0 saturated carbocycles. The van der Waals surface area contributed by atoms with Gasteiger partial charge in [-0.3, -0.25) is 0 Å². The van der Waals surface area contributed by atoms with E-state index in [1.807, 2.05) is 0 Å². The van der Waals surface area contributed by atoms with Crippen molar-refractivity contribution in [3.8, 4) is 11.5 Å². The van der Waals surface area contributed by atoms with Crippen molar-refractivity contribution in [1.82, 2.24) is 0 Å². The van der Waals surface area contributed by atoms with Gasteiger partial charge in [0.25, 0.3) is 0 Å². The Balaban J connectivity index is 2.28. The molecule has 1 aromatic carbocycles. The Kier molecular flexibility index (Phi) is 2.31. The molecule has 76 valence electrons. The van der Waals surface area contributed by atoms with Gasteiger partial charge in [0.1, 0.15) is 6.10 Å². The van der Waals surface area contributed by atoms with Gasteiger partial charge in [-0.15, -0.1) is 0 Å². The summed E-state index contributed by atoms with van der Waals surface area (Å²) in [6, 6.07) is 5.12. The summed E-state index contributed by atoms with van der Waals surface area (Å²) >= 11 is 0. The van der Waals surface area contributed by atoms with Crippen LogP contribution >= 0.6 is 0 Å². The number of aliphatic hydroxyl groups is 2. The molecule has 0 unspecified atom stereocenters. The van der Waals surface area contributed by atoms with Gasteiger partial charge in [-0.2, -0.15) is 0 Å². The third-order valence-electron chi connectivity index (χ3n) is 2.20. The molecule has 0 radical (unpaired) electrons. The molecule has 2 rings (SSSR count). The van der Waals surface area contributed by atoms with Crippen LogP contribution < -0.4 is 9.47 Å². The number of benzene rings is 1. The molecular formula is C10H12O4. The summed E-state index contributed by atoms with van der Waals surface area (Å²) in [7, 11) is 0. The average Bonchev–Trinajstić information content (AvgIpc) is 2.62. The molecule has 2 atom stereocenters. The van der Waals surface area contributed by atoms with Gasteiger partial charge in [0.2, 0.25) is 6.79 Å². The van der Waals surface area contributed by atoms with Crippen LogP contribution in [0.15, 0.2) is 18.2 Å². The van der Waals surface area contributed by atoms with Crippen LogP contribution in [-0.2, 0) is 0 Å². The molecule has 0 aliphatic carbocycles. The van der Waals surface area contributed by atoms with E-state index in [1.165, 1.54) is 6.92 Å². The first-order chi connectivity index (χ1) is 6.68. The van der Waals surface area contributed by atoms with Crippen molar-refractivity contribution in [3.05, 3.63) is 23.8 Å². The van der Waals surface area contributed by atoms with E-state index in [-0.39, 0.29) is 6.79 Å². The molecule has 1 aliphatic rings. The van der Waals surface area contributed by atoms with Crippen LogP contribution in [0.25, 0.3) is 0 Å². The van der Waals surface area contributed by atoms with Crippen molar-refractivity contribution in [2.45, 2.75) is 19.1 Å². The van der Waals surface area contributed by atoms with Crippen molar-refractivity contribution in [3.63, 3.8) is 0 Å². The van der Waals surface area contributed by atoms with Crippen LogP contribution in [0.2, 0.25) is 0 Å². The highest BCUT2D eigenvalue weighted by Crippen LogP contribution is 2.34. The van der Waals surface area contributed by atoms with E-state index in [9.17, 15) is 10.2 Å². The summed E-state index contributed by atoms with van der Waals surface area (Å²) < 4.78 is 10.3. The summed E-state index contributed by atoms with van der Waals surface area (Å²) in [4.78, 5) is 0. The molecule has 0 amide bonds. The third kappa shape index (κ3) is 1.54. The first kappa shape index (κ1) is 9.30. The topological polar surface area (TPSA) is 58.9 Å². The molecule has 1 heterocycles. The monoisotopic (exact) mass is 196 g/mol. The van der Waals surface area contributed by atoms with Crippen LogP contribution in [-0.4, -0.2) is 23.1 Å². The van der Waals surface area contributed by atoms with Gasteiger partial charge >= 0.3 is 0 Å². The number of aliphatic hydroxyl groups excluding tert-OH is 2. The van der Waals surface area contributed by atoms with Crippen molar-refractivity contribution in [2.24, 2.45) is 0 Å². The summed E-state index contributed by atoms with van der Waals surface area (Å²) in [5, 5.41) is 18.8. The smallest absolute Gasteiger partial charge is 0.231 e. The molecule has 4 heteroatoms. The van der Waals surface area contributed by atoms with E-state index in [1.54, 1.807) is 18.2 Å². The maximum Gasteiger partial charge on any atom is 0.231 e. The number of rotatable bonds is 2. The second kappa shape index (κ2) is 3.48. The van der Waals surface area contributed by atoms with Gasteiger partial charge in [0.15, 0.2) is 11.5 Å². The van der Waals surface area contributed by atoms with Gasteiger partial charge in [-0.1, -0.05) is 6.07 Å². The number of hydrogen-bond acceptors (Lipinski definition) is 4. The molecule has 1 aliphatic heterocycles. The van der Waals surface area contributed by atoms with Gasteiger partial charge < -0.3 is 19.7 Å². The first-order valence-corrected chi connectivity index (χ1v) is 4.44. The van der Waals surface area contributed by atoms with Crippen molar-refractivity contribution < 1.29 is 19.7 Å². The molecule has 0 aromatic heterocycles. The fourth-order valence-electron chi connectivity index (χ4n) is 1.38. The predicted molar refractivity (Wildman–Crippen MR) is 49.2 cm³/mol. The molecule has 0 saturated heterocycles. The second-order valence-corrected chi connectivity index (χ2v) is 3.30. The normalized spacial score (nSPS) is 17.9. The van der Waals surface area contributed by atoms with Crippen molar-refractivity contribution in [1.29, 1.82) is 0 Å². The van der Waals surface area contributed by atoms with E-state index < -0.39 is 12.2 Å². The Morgan fingerprint density at radius 3 is 2.64 bits per heavy atom. The lowest BCUT2D eigenvalue weighted by Crippen LogP contribution is -2.13. The summed E-state index contributed by atoms with van der Waals surface area (Å²) in [6.07, 6.45) is -1.68. The summed E-state index contributed by atoms with van der Waals surface area (Å²) in [6.45, 7) is 1.75.